The molecule has 1 aromatic carbocycles. The topological polar surface area (TPSA) is 131 Å². The van der Waals surface area contributed by atoms with Gasteiger partial charge in [0.2, 0.25) is 5.91 Å². The van der Waals surface area contributed by atoms with E-state index in [9.17, 15) is 14.4 Å². The van der Waals surface area contributed by atoms with E-state index in [-0.39, 0.29) is 29.6 Å². The predicted molar refractivity (Wildman–Crippen MR) is 117 cm³/mol. The molecule has 2 heterocycles. The Bertz CT molecular complexity index is 991. The maximum atomic E-state index is 11.5. The van der Waals surface area contributed by atoms with Gasteiger partial charge >= 0.3 is 0 Å². The fourth-order valence-corrected chi connectivity index (χ4v) is 2.56. The Morgan fingerprint density at radius 2 is 2.06 bits per heavy atom. The number of nitrogens with one attached hydrogen (secondary N) is 1. The van der Waals surface area contributed by atoms with Gasteiger partial charge in [-0.2, -0.15) is 5.10 Å². The van der Waals surface area contributed by atoms with Gasteiger partial charge in [-0.1, -0.05) is 18.9 Å². The van der Waals surface area contributed by atoms with E-state index in [1.165, 1.54) is 15.8 Å². The lowest BCUT2D eigenvalue weighted by Gasteiger charge is -2.04. The molecule has 1 atom stereocenters. The number of amides is 3. The van der Waals surface area contributed by atoms with Gasteiger partial charge in [0.15, 0.2) is 5.69 Å². The fourth-order valence-electron chi connectivity index (χ4n) is 2.56. The monoisotopic (exact) mass is 423 g/mol. The second kappa shape index (κ2) is 11.8. The molecule has 0 radical (unpaired) electrons. The van der Waals surface area contributed by atoms with Crippen molar-refractivity contribution in [1.29, 1.82) is 0 Å². The number of anilines is 1. The highest BCUT2D eigenvalue weighted by molar-refractivity contribution is 6.01. The number of aliphatic hydroxyl groups is 1. The lowest BCUT2D eigenvalue weighted by molar-refractivity contribution is -0.133. The number of nitrogens with two attached hydrogens (primary N) is 1. The number of aliphatic hydroxyl groups excluding tert-OH is 1. The van der Waals surface area contributed by atoms with Gasteiger partial charge in [-0.15, -0.1) is 19.3 Å². The number of hydrogen-bond donors (Lipinski definition) is 3. The number of carbonyl (C=O) groups is 3. The Labute approximate surface area is 181 Å². The number of benzene rings is 1. The summed E-state index contributed by atoms with van der Waals surface area (Å²) >= 11 is 0. The number of aromatic nitrogens is 2. The van der Waals surface area contributed by atoms with Crippen molar-refractivity contribution < 1.29 is 19.5 Å². The first-order valence-electron chi connectivity index (χ1n) is 9.29. The molecule has 0 aliphatic carbocycles. The largest absolute Gasteiger partial charge is 0.383 e. The average molecular weight is 423 g/mol. The van der Waals surface area contributed by atoms with Gasteiger partial charge < -0.3 is 21.1 Å². The van der Waals surface area contributed by atoms with Crippen LogP contribution in [0.4, 0.5) is 5.69 Å². The Kier molecular flexibility index (Phi) is 9.51. The van der Waals surface area contributed by atoms with E-state index < -0.39 is 12.0 Å². The third kappa shape index (κ3) is 6.74. The minimum atomic E-state index is -0.722. The first kappa shape index (κ1) is 25.0. The van der Waals surface area contributed by atoms with E-state index in [1.807, 2.05) is 0 Å². The van der Waals surface area contributed by atoms with Crippen LogP contribution in [0.25, 0.3) is 5.69 Å². The number of carbonyl (C=O) groups excluding carboxylic acids is 3. The summed E-state index contributed by atoms with van der Waals surface area (Å²) in [6, 6.07) is 7.08. The van der Waals surface area contributed by atoms with Crippen LogP contribution in [0.5, 0.6) is 0 Å². The summed E-state index contributed by atoms with van der Waals surface area (Å²) in [5.74, 6) is 1.43. The zero-order valence-electron chi connectivity index (χ0n) is 17.4. The third-order valence-electron chi connectivity index (χ3n) is 4.22. The lowest BCUT2D eigenvalue weighted by atomic mass is 10.2. The summed E-state index contributed by atoms with van der Waals surface area (Å²) in [5, 5.41) is 15.5. The molecule has 9 nitrogen and oxygen atoms in total. The molecule has 9 heteroatoms. The Morgan fingerprint density at radius 1 is 1.39 bits per heavy atom. The molecular weight excluding hydrogens is 398 g/mol. The number of hydrogen-bond acceptors (Lipinski definition) is 5. The van der Waals surface area contributed by atoms with Crippen LogP contribution in [-0.4, -0.2) is 57.2 Å². The van der Waals surface area contributed by atoms with Gasteiger partial charge in [0.1, 0.15) is 6.10 Å². The van der Waals surface area contributed by atoms with Crippen LogP contribution in [0.1, 0.15) is 35.8 Å². The molecule has 1 aliphatic rings. The van der Waals surface area contributed by atoms with Crippen molar-refractivity contribution in [2.45, 2.75) is 25.9 Å². The molecule has 0 saturated carbocycles. The van der Waals surface area contributed by atoms with Crippen LogP contribution >= 0.6 is 0 Å². The summed E-state index contributed by atoms with van der Waals surface area (Å²) in [6.45, 7) is 2.40. The molecule has 2 aromatic rings. The highest BCUT2D eigenvalue weighted by atomic mass is 16.3. The van der Waals surface area contributed by atoms with Crippen molar-refractivity contribution in [1.82, 2.24) is 14.7 Å². The summed E-state index contributed by atoms with van der Waals surface area (Å²) in [4.78, 5) is 35.0. The van der Waals surface area contributed by atoms with E-state index in [1.54, 1.807) is 38.2 Å². The highest BCUT2D eigenvalue weighted by Gasteiger charge is 2.26. The summed E-state index contributed by atoms with van der Waals surface area (Å²) in [7, 11) is 1.69. The molecule has 1 fully saturated rings. The normalized spacial score (nSPS) is 14.4. The fraction of sp³-hybridized carbons (Fsp3) is 0.273. The Balaban J connectivity index is 0.000000400. The third-order valence-corrected chi connectivity index (χ3v) is 4.22. The van der Waals surface area contributed by atoms with Crippen LogP contribution in [0.3, 0.4) is 0 Å². The second-order valence-electron chi connectivity index (χ2n) is 6.36. The minimum Gasteiger partial charge on any atom is -0.383 e. The standard InChI is InChI=1S/C15H14N4O2.C5H9NO2.C2H2/c1-3-10-6-5-7-11(8-10)19-9-12(17-13(20)4-2)14(18-19)15(16)21;1-6-3-2-4(7)5(6)8;1-2/h1,5-9H,4H2,2H3,(H2,16,21)(H,17,20);4,7H,2-3H2,1H3;1-2H/t;4-;/m.0./s1. The van der Waals surface area contributed by atoms with Crippen LogP contribution < -0.4 is 11.1 Å². The van der Waals surface area contributed by atoms with Crippen molar-refractivity contribution >= 4 is 23.4 Å². The SMILES string of the molecule is C#C.C#Cc1cccc(-n2cc(NC(=O)CC)c(C(N)=O)n2)c1.CN1CC[C@H](O)C1=O. The van der Waals surface area contributed by atoms with Gasteiger partial charge in [-0.05, 0) is 24.6 Å². The summed E-state index contributed by atoms with van der Waals surface area (Å²) < 4.78 is 1.45. The van der Waals surface area contributed by atoms with Crippen molar-refractivity contribution in [3.8, 4) is 30.9 Å². The zero-order valence-corrected chi connectivity index (χ0v) is 17.4. The van der Waals surface area contributed by atoms with Crippen LogP contribution in [0, 0.1) is 25.2 Å². The maximum absolute atomic E-state index is 11.5. The number of terminal acetylenes is 2. The smallest absolute Gasteiger partial charge is 0.271 e. The molecule has 1 aliphatic heterocycles. The first-order chi connectivity index (χ1) is 14.8. The molecule has 3 amide bonds. The van der Waals surface area contributed by atoms with Gasteiger partial charge in [-0.3, -0.25) is 14.4 Å². The molecule has 1 saturated heterocycles. The average Bonchev–Trinajstić information content (AvgIpc) is 3.34. The number of likely N-dealkylation sites (N-methyl/N-ethyl adjacent to an activating group) is 1. The second-order valence-corrected chi connectivity index (χ2v) is 6.36. The van der Waals surface area contributed by atoms with Crippen molar-refractivity contribution in [2.24, 2.45) is 5.73 Å². The Hall–Kier alpha value is -4.08. The van der Waals surface area contributed by atoms with E-state index in [4.69, 9.17) is 17.3 Å². The summed E-state index contributed by atoms with van der Waals surface area (Å²) in [5.41, 5.74) is 6.92. The number of nitrogens with zero attached hydrogens (tertiary/aromatic N) is 3. The minimum absolute atomic E-state index is 0.00270. The first-order valence-corrected chi connectivity index (χ1v) is 9.29. The molecule has 1 aromatic heterocycles. The molecule has 0 bridgehead atoms. The quantitative estimate of drug-likeness (QED) is 0.625. The number of rotatable bonds is 4. The van der Waals surface area contributed by atoms with E-state index in [0.717, 1.165) is 0 Å². The lowest BCUT2D eigenvalue weighted by Crippen LogP contribution is -2.24. The van der Waals surface area contributed by atoms with Gasteiger partial charge in [-0.25, -0.2) is 4.68 Å². The van der Waals surface area contributed by atoms with Gasteiger partial charge in [0.05, 0.1) is 17.6 Å². The zero-order chi connectivity index (χ0) is 23.6. The summed E-state index contributed by atoms with van der Waals surface area (Å²) in [6.07, 6.45) is 15.0. The maximum Gasteiger partial charge on any atom is 0.271 e. The molecule has 162 valence electrons. The highest BCUT2D eigenvalue weighted by Crippen LogP contribution is 2.18. The molecule has 0 spiro atoms. The van der Waals surface area contributed by atoms with Crippen molar-refractivity contribution in [2.75, 3.05) is 18.9 Å². The number of primary amides is 1. The molecule has 0 unspecified atom stereocenters. The van der Waals surface area contributed by atoms with Crippen LogP contribution in [-0.2, 0) is 9.59 Å². The molecule has 31 heavy (non-hydrogen) atoms. The molecule has 3 rings (SSSR count). The molecule has 4 N–H and O–H groups in total. The molecular formula is C22H25N5O4. The van der Waals surface area contributed by atoms with E-state index >= 15 is 0 Å². The van der Waals surface area contributed by atoms with E-state index in [2.05, 4.69) is 29.2 Å². The predicted octanol–water partition coefficient (Wildman–Crippen LogP) is 0.760. The van der Waals surface area contributed by atoms with Crippen LogP contribution in [0.2, 0.25) is 0 Å². The van der Waals surface area contributed by atoms with E-state index in [0.29, 0.717) is 24.2 Å². The van der Waals surface area contributed by atoms with Gasteiger partial charge in [0.25, 0.3) is 11.8 Å². The Morgan fingerprint density at radius 3 is 2.52 bits per heavy atom. The van der Waals surface area contributed by atoms with Crippen LogP contribution in [0.15, 0.2) is 30.5 Å². The van der Waals surface area contributed by atoms with Crippen molar-refractivity contribution in [3.05, 3.63) is 41.7 Å². The van der Waals surface area contributed by atoms with Crippen molar-refractivity contribution in [3.63, 3.8) is 0 Å². The van der Waals surface area contributed by atoms with Gasteiger partial charge in [0, 0.05) is 25.6 Å². The number of likely N-dealkylation sites (tertiary alicyclic amines) is 1.